The number of rotatable bonds is 4. The molecule has 0 amide bonds. The Balaban J connectivity index is 1.56. The number of fused-ring (bicyclic) bond motifs is 2. The van der Waals surface area contributed by atoms with Gasteiger partial charge in [0.15, 0.2) is 0 Å². The van der Waals surface area contributed by atoms with Gasteiger partial charge in [-0.3, -0.25) is 4.79 Å². The highest BCUT2D eigenvalue weighted by Crippen LogP contribution is 2.41. The van der Waals surface area contributed by atoms with E-state index in [-0.39, 0.29) is 11.4 Å². The van der Waals surface area contributed by atoms with E-state index < -0.39 is 0 Å². The van der Waals surface area contributed by atoms with Crippen LogP contribution in [0.2, 0.25) is 0 Å². The van der Waals surface area contributed by atoms with Crippen LogP contribution in [-0.2, 0) is 6.54 Å². The Labute approximate surface area is 177 Å². The van der Waals surface area contributed by atoms with Crippen LogP contribution in [0.1, 0.15) is 30.0 Å². The van der Waals surface area contributed by atoms with Crippen molar-refractivity contribution in [3.05, 3.63) is 100 Å². The predicted molar refractivity (Wildman–Crippen MR) is 118 cm³/mol. The molecule has 2 heterocycles. The Morgan fingerprint density at radius 3 is 2.52 bits per heavy atom. The van der Waals surface area contributed by atoms with Gasteiger partial charge in [-0.15, -0.1) is 0 Å². The number of aromatic nitrogens is 4. The van der Waals surface area contributed by atoms with E-state index >= 15 is 0 Å². The summed E-state index contributed by atoms with van der Waals surface area (Å²) in [6.07, 6.45) is 3.84. The molecule has 0 bridgehead atoms. The van der Waals surface area contributed by atoms with Crippen LogP contribution in [0.15, 0.2) is 77.7 Å². The lowest BCUT2D eigenvalue weighted by molar-refractivity contribution is 0.625. The van der Waals surface area contributed by atoms with E-state index in [9.17, 15) is 9.18 Å². The molecule has 6 rings (SSSR count). The van der Waals surface area contributed by atoms with Crippen molar-refractivity contribution in [3.63, 3.8) is 0 Å². The summed E-state index contributed by atoms with van der Waals surface area (Å²) in [7, 11) is 0. The minimum absolute atomic E-state index is 0.200. The highest BCUT2D eigenvalue weighted by atomic mass is 19.1. The van der Waals surface area contributed by atoms with Gasteiger partial charge in [0, 0.05) is 11.3 Å². The van der Waals surface area contributed by atoms with Crippen molar-refractivity contribution in [2.24, 2.45) is 0 Å². The number of halogens is 1. The third kappa shape index (κ3) is 3.03. The molecular weight excluding hydrogens is 391 g/mol. The Hall–Kier alpha value is -3.80. The zero-order valence-electron chi connectivity index (χ0n) is 16.7. The summed E-state index contributed by atoms with van der Waals surface area (Å²) in [5.41, 5.74) is 2.90. The standard InChI is InChI=1S/C25H19FN4O/c26-19-10-12-20(13-11-19)30-24-22(14-27-30)23(17-8-9-17)28-29(25(24)31)15-18-6-3-5-16-4-1-2-7-21(16)18/h1-7,10-14,17H,8-9,15H2. The van der Waals surface area contributed by atoms with Crippen molar-refractivity contribution in [2.75, 3.05) is 0 Å². The molecule has 152 valence electrons. The van der Waals surface area contributed by atoms with Crippen LogP contribution in [0.5, 0.6) is 0 Å². The van der Waals surface area contributed by atoms with E-state index in [1.54, 1.807) is 27.7 Å². The van der Waals surface area contributed by atoms with E-state index in [0.717, 1.165) is 40.3 Å². The highest BCUT2D eigenvalue weighted by molar-refractivity contribution is 5.86. The maximum atomic E-state index is 13.6. The molecule has 31 heavy (non-hydrogen) atoms. The van der Waals surface area contributed by atoms with Gasteiger partial charge in [-0.25, -0.2) is 13.8 Å². The molecule has 5 aromatic rings. The SMILES string of the molecule is O=c1c2c(cnn2-c2ccc(F)cc2)c(C2CC2)nn1Cc1cccc2ccccc12. The average molecular weight is 410 g/mol. The molecule has 0 spiro atoms. The zero-order valence-corrected chi connectivity index (χ0v) is 16.7. The van der Waals surface area contributed by atoms with Crippen molar-refractivity contribution in [1.29, 1.82) is 0 Å². The van der Waals surface area contributed by atoms with E-state index in [4.69, 9.17) is 5.10 Å². The lowest BCUT2D eigenvalue weighted by Gasteiger charge is -2.12. The van der Waals surface area contributed by atoms with Gasteiger partial charge < -0.3 is 0 Å². The maximum absolute atomic E-state index is 13.6. The number of hydrogen-bond acceptors (Lipinski definition) is 3. The molecule has 0 unspecified atom stereocenters. The molecule has 5 nitrogen and oxygen atoms in total. The molecular formula is C25H19FN4O. The van der Waals surface area contributed by atoms with E-state index in [0.29, 0.717) is 23.7 Å². The van der Waals surface area contributed by atoms with E-state index in [2.05, 4.69) is 23.3 Å². The lowest BCUT2D eigenvalue weighted by Crippen LogP contribution is -2.26. The summed E-state index contributed by atoms with van der Waals surface area (Å²) in [6, 6.07) is 20.3. The van der Waals surface area contributed by atoms with Crippen LogP contribution < -0.4 is 5.56 Å². The lowest BCUT2D eigenvalue weighted by atomic mass is 10.0. The van der Waals surface area contributed by atoms with Gasteiger partial charge in [-0.2, -0.15) is 10.2 Å². The monoisotopic (exact) mass is 410 g/mol. The summed E-state index contributed by atoms with van der Waals surface area (Å²) in [4.78, 5) is 13.6. The number of hydrogen-bond donors (Lipinski definition) is 0. The second kappa shape index (κ2) is 6.87. The quantitative estimate of drug-likeness (QED) is 0.428. The third-order valence-corrected chi connectivity index (χ3v) is 5.95. The fourth-order valence-corrected chi connectivity index (χ4v) is 4.23. The van der Waals surface area contributed by atoms with E-state index in [1.807, 2.05) is 24.3 Å². The fraction of sp³-hybridized carbons (Fsp3) is 0.160. The summed E-state index contributed by atoms with van der Waals surface area (Å²) in [5, 5.41) is 12.3. The topological polar surface area (TPSA) is 52.7 Å². The van der Waals surface area contributed by atoms with Crippen LogP contribution in [0, 0.1) is 5.82 Å². The second-order valence-electron chi connectivity index (χ2n) is 8.06. The molecule has 0 aliphatic heterocycles. The van der Waals surface area contributed by atoms with Crippen molar-refractivity contribution in [1.82, 2.24) is 19.6 Å². The van der Waals surface area contributed by atoms with Gasteiger partial charge in [-0.05, 0) is 53.4 Å². The number of benzene rings is 3. The first-order valence-electron chi connectivity index (χ1n) is 10.4. The molecule has 0 atom stereocenters. The molecule has 6 heteroatoms. The summed E-state index contributed by atoms with van der Waals surface area (Å²) in [5.74, 6) is 0.0293. The minimum atomic E-state index is -0.325. The molecule has 0 saturated heterocycles. The van der Waals surface area contributed by atoms with Gasteiger partial charge in [-0.1, -0.05) is 42.5 Å². The highest BCUT2D eigenvalue weighted by Gasteiger charge is 2.30. The normalized spacial score (nSPS) is 13.8. The zero-order chi connectivity index (χ0) is 20.9. The molecule has 1 aliphatic rings. The van der Waals surface area contributed by atoms with Gasteiger partial charge in [0.1, 0.15) is 11.3 Å². The van der Waals surface area contributed by atoms with Crippen molar-refractivity contribution < 1.29 is 4.39 Å². The van der Waals surface area contributed by atoms with Gasteiger partial charge in [0.25, 0.3) is 5.56 Å². The predicted octanol–water partition coefficient (Wildman–Crippen LogP) is 4.80. The van der Waals surface area contributed by atoms with Crippen molar-refractivity contribution in [2.45, 2.75) is 25.3 Å². The molecule has 0 radical (unpaired) electrons. The van der Waals surface area contributed by atoms with Crippen molar-refractivity contribution >= 4 is 21.7 Å². The summed E-state index contributed by atoms with van der Waals surface area (Å²) >= 11 is 0. The second-order valence-corrected chi connectivity index (χ2v) is 8.06. The van der Waals surface area contributed by atoms with Crippen LogP contribution in [-0.4, -0.2) is 19.6 Å². The number of nitrogens with zero attached hydrogens (tertiary/aromatic N) is 4. The first-order valence-corrected chi connectivity index (χ1v) is 10.4. The Morgan fingerprint density at radius 1 is 0.935 bits per heavy atom. The molecule has 1 saturated carbocycles. The molecule has 2 aromatic heterocycles. The first kappa shape index (κ1) is 18.0. The van der Waals surface area contributed by atoms with Crippen LogP contribution in [0.25, 0.3) is 27.4 Å². The Bertz CT molecular complexity index is 1490. The minimum Gasteiger partial charge on any atom is -0.265 e. The van der Waals surface area contributed by atoms with Crippen LogP contribution in [0.3, 0.4) is 0 Å². The fourth-order valence-electron chi connectivity index (χ4n) is 4.23. The Morgan fingerprint density at radius 2 is 1.71 bits per heavy atom. The first-order chi connectivity index (χ1) is 15.2. The molecule has 1 fully saturated rings. The molecule has 1 aliphatic carbocycles. The van der Waals surface area contributed by atoms with Crippen LogP contribution in [0.4, 0.5) is 4.39 Å². The van der Waals surface area contributed by atoms with Gasteiger partial charge in [0.05, 0.1) is 24.1 Å². The smallest absolute Gasteiger partial charge is 0.265 e. The molecule has 3 aromatic carbocycles. The summed E-state index contributed by atoms with van der Waals surface area (Å²) < 4.78 is 16.6. The van der Waals surface area contributed by atoms with Crippen LogP contribution >= 0.6 is 0 Å². The largest absolute Gasteiger partial charge is 0.293 e. The van der Waals surface area contributed by atoms with Gasteiger partial charge in [0.2, 0.25) is 0 Å². The molecule has 0 N–H and O–H groups in total. The van der Waals surface area contributed by atoms with Gasteiger partial charge >= 0.3 is 0 Å². The third-order valence-electron chi connectivity index (χ3n) is 5.95. The average Bonchev–Trinajstić information content (AvgIpc) is 3.54. The Kier molecular flexibility index (Phi) is 3.99. The van der Waals surface area contributed by atoms with E-state index in [1.165, 1.54) is 12.1 Å². The summed E-state index contributed by atoms with van der Waals surface area (Å²) in [6.45, 7) is 0.379. The van der Waals surface area contributed by atoms with Crippen molar-refractivity contribution in [3.8, 4) is 5.69 Å². The maximum Gasteiger partial charge on any atom is 0.293 e.